The second-order valence-corrected chi connectivity index (χ2v) is 7.58. The Labute approximate surface area is 164 Å². The first-order valence-corrected chi connectivity index (χ1v) is 9.81. The van der Waals surface area contributed by atoms with Crippen molar-refractivity contribution < 1.29 is 4.52 Å². The van der Waals surface area contributed by atoms with E-state index in [0.29, 0.717) is 11.1 Å². The lowest BCUT2D eigenvalue weighted by Gasteiger charge is -2.36. The summed E-state index contributed by atoms with van der Waals surface area (Å²) in [4.78, 5) is 13.7. The van der Waals surface area contributed by atoms with Crippen LogP contribution in [0.15, 0.2) is 35.1 Å². The van der Waals surface area contributed by atoms with Crippen molar-refractivity contribution >= 4 is 28.5 Å². The first-order chi connectivity index (χ1) is 13.1. The van der Waals surface area contributed by atoms with Gasteiger partial charge in [-0.1, -0.05) is 23.7 Å². The fraction of sp³-hybridized carbons (Fsp3) is 0.450. The third-order valence-electron chi connectivity index (χ3n) is 5.38. The molecule has 1 fully saturated rings. The summed E-state index contributed by atoms with van der Waals surface area (Å²) in [5, 5.41) is 5.95. The van der Waals surface area contributed by atoms with Gasteiger partial charge in [-0.2, -0.15) is 0 Å². The number of hydrogen-bond donors (Lipinski definition) is 0. The summed E-state index contributed by atoms with van der Waals surface area (Å²) in [6, 6.07) is 6.13. The van der Waals surface area contributed by atoms with Gasteiger partial charge in [0.2, 0.25) is 5.95 Å². The van der Waals surface area contributed by atoms with Crippen molar-refractivity contribution in [1.82, 2.24) is 20.0 Å². The summed E-state index contributed by atoms with van der Waals surface area (Å²) >= 11 is 6.13. The second kappa shape index (κ2) is 7.82. The molecule has 0 atom stereocenters. The molecule has 0 saturated carbocycles. The maximum absolute atomic E-state index is 6.13. The molecule has 1 saturated heterocycles. The molecule has 1 aromatic carbocycles. The summed E-state index contributed by atoms with van der Waals surface area (Å²) in [7, 11) is 2.15. The zero-order chi connectivity index (χ0) is 18.8. The van der Waals surface area contributed by atoms with Gasteiger partial charge in [0.15, 0.2) is 5.58 Å². The van der Waals surface area contributed by atoms with Gasteiger partial charge in [0.05, 0.1) is 0 Å². The van der Waals surface area contributed by atoms with Gasteiger partial charge in [0.25, 0.3) is 0 Å². The summed E-state index contributed by atoms with van der Waals surface area (Å²) < 4.78 is 5.43. The zero-order valence-electron chi connectivity index (χ0n) is 15.7. The van der Waals surface area contributed by atoms with E-state index in [1.807, 2.05) is 30.6 Å². The van der Waals surface area contributed by atoms with Crippen LogP contribution in [-0.4, -0.2) is 46.2 Å². The van der Waals surface area contributed by atoms with Crippen molar-refractivity contribution in [2.45, 2.75) is 38.8 Å². The Morgan fingerprint density at radius 2 is 1.96 bits per heavy atom. The Morgan fingerprint density at radius 3 is 2.67 bits per heavy atom. The highest BCUT2D eigenvalue weighted by molar-refractivity contribution is 6.31. The Morgan fingerprint density at radius 1 is 1.22 bits per heavy atom. The molecule has 0 unspecified atom stereocenters. The van der Waals surface area contributed by atoms with Gasteiger partial charge in [-0.3, -0.25) is 4.90 Å². The number of rotatable bonds is 5. The molecule has 1 aliphatic heterocycles. The Bertz CT molecular complexity index is 902. The number of anilines is 1. The zero-order valence-corrected chi connectivity index (χ0v) is 16.5. The number of piperidine rings is 1. The summed E-state index contributed by atoms with van der Waals surface area (Å²) in [5.41, 5.74) is 2.90. The predicted molar refractivity (Wildman–Crippen MR) is 107 cm³/mol. The highest BCUT2D eigenvalue weighted by Gasteiger charge is 2.25. The van der Waals surface area contributed by atoms with Crippen molar-refractivity contribution in [3.63, 3.8) is 0 Å². The van der Waals surface area contributed by atoms with E-state index < -0.39 is 0 Å². The lowest BCUT2D eigenvalue weighted by molar-refractivity contribution is 0.195. The van der Waals surface area contributed by atoms with Crippen LogP contribution in [0, 0.1) is 0 Å². The maximum Gasteiger partial charge on any atom is 0.225 e. The van der Waals surface area contributed by atoms with E-state index in [4.69, 9.17) is 16.1 Å². The lowest BCUT2D eigenvalue weighted by Crippen LogP contribution is -2.43. The third kappa shape index (κ3) is 3.92. The van der Waals surface area contributed by atoms with Gasteiger partial charge in [-0.05, 0) is 50.1 Å². The summed E-state index contributed by atoms with van der Waals surface area (Å²) in [6.07, 6.45) is 6.98. The molecule has 3 heterocycles. The number of hydrogen-bond acceptors (Lipinski definition) is 6. The highest BCUT2D eigenvalue weighted by atomic mass is 35.5. The number of aromatic nitrogens is 3. The number of aryl methyl sites for hydroxylation is 1. The first kappa shape index (κ1) is 18.2. The van der Waals surface area contributed by atoms with Crippen molar-refractivity contribution in [3.8, 4) is 0 Å². The van der Waals surface area contributed by atoms with Gasteiger partial charge in [0.1, 0.15) is 5.69 Å². The normalized spacial score (nSPS) is 15.8. The van der Waals surface area contributed by atoms with Crippen LogP contribution in [0.5, 0.6) is 0 Å². The fourth-order valence-electron chi connectivity index (χ4n) is 3.64. The van der Waals surface area contributed by atoms with E-state index in [-0.39, 0.29) is 0 Å². The third-order valence-corrected chi connectivity index (χ3v) is 5.61. The van der Waals surface area contributed by atoms with Crippen molar-refractivity contribution in [2.75, 3.05) is 25.0 Å². The Hall–Kier alpha value is -2.18. The van der Waals surface area contributed by atoms with Crippen LogP contribution in [0.25, 0.3) is 11.0 Å². The van der Waals surface area contributed by atoms with Crippen LogP contribution in [-0.2, 0) is 13.0 Å². The maximum atomic E-state index is 6.13. The van der Waals surface area contributed by atoms with Crippen LogP contribution in [0.4, 0.5) is 5.95 Å². The molecule has 0 aliphatic carbocycles. The van der Waals surface area contributed by atoms with Gasteiger partial charge in [-0.15, -0.1) is 0 Å². The largest absolute Gasteiger partial charge is 0.356 e. The summed E-state index contributed by atoms with van der Waals surface area (Å²) in [5.74, 6) is 0.838. The molecular weight excluding hydrogens is 362 g/mol. The predicted octanol–water partition coefficient (Wildman–Crippen LogP) is 3.93. The standard InChI is InChI=1S/C20H24ClN5O/c1-3-14-11-22-20(23-12-14)26-8-6-16(7-9-26)25(2)13-18-17-10-15(21)4-5-19(17)27-24-18/h4-5,10-12,16H,3,6-9,13H2,1-2H3. The molecule has 7 heteroatoms. The van der Waals surface area contributed by atoms with Crippen molar-refractivity contribution in [2.24, 2.45) is 0 Å². The number of nitrogens with zero attached hydrogens (tertiary/aromatic N) is 5. The molecular formula is C20H24ClN5O. The average molecular weight is 386 g/mol. The Kier molecular flexibility index (Phi) is 5.27. The average Bonchev–Trinajstić information content (AvgIpc) is 3.10. The van der Waals surface area contributed by atoms with Crippen LogP contribution in [0.2, 0.25) is 5.02 Å². The van der Waals surface area contributed by atoms with Gasteiger partial charge in [-0.25, -0.2) is 9.97 Å². The quantitative estimate of drug-likeness (QED) is 0.663. The SMILES string of the molecule is CCc1cnc(N2CCC(N(C)Cc3noc4ccc(Cl)cc34)CC2)nc1. The Balaban J connectivity index is 1.37. The molecule has 0 radical (unpaired) electrons. The van der Waals surface area contributed by atoms with Crippen molar-refractivity contribution in [3.05, 3.63) is 46.9 Å². The molecule has 142 valence electrons. The van der Waals surface area contributed by atoms with E-state index in [1.54, 1.807) is 0 Å². The van der Waals surface area contributed by atoms with Crippen LogP contribution in [0.1, 0.15) is 31.0 Å². The smallest absolute Gasteiger partial charge is 0.225 e. The fourth-order valence-corrected chi connectivity index (χ4v) is 3.81. The molecule has 1 aliphatic rings. The van der Waals surface area contributed by atoms with E-state index in [1.165, 1.54) is 5.56 Å². The van der Waals surface area contributed by atoms with E-state index in [0.717, 1.165) is 61.5 Å². The number of fused-ring (bicyclic) bond motifs is 1. The lowest BCUT2D eigenvalue weighted by atomic mass is 10.0. The van der Waals surface area contributed by atoms with E-state index in [9.17, 15) is 0 Å². The second-order valence-electron chi connectivity index (χ2n) is 7.15. The molecule has 0 spiro atoms. The first-order valence-electron chi connectivity index (χ1n) is 9.44. The highest BCUT2D eigenvalue weighted by Crippen LogP contribution is 2.25. The molecule has 4 rings (SSSR count). The molecule has 2 aromatic heterocycles. The minimum atomic E-state index is 0.502. The molecule has 0 bridgehead atoms. The van der Waals surface area contributed by atoms with Crippen LogP contribution < -0.4 is 4.90 Å². The topological polar surface area (TPSA) is 58.3 Å². The molecule has 3 aromatic rings. The minimum Gasteiger partial charge on any atom is -0.356 e. The molecule has 6 nitrogen and oxygen atoms in total. The number of benzene rings is 1. The van der Waals surface area contributed by atoms with E-state index in [2.05, 4.69) is 38.9 Å². The van der Waals surface area contributed by atoms with Crippen LogP contribution >= 0.6 is 11.6 Å². The van der Waals surface area contributed by atoms with Crippen molar-refractivity contribution in [1.29, 1.82) is 0 Å². The van der Waals surface area contributed by atoms with Gasteiger partial charge >= 0.3 is 0 Å². The van der Waals surface area contributed by atoms with Crippen LogP contribution in [0.3, 0.4) is 0 Å². The molecule has 0 amide bonds. The molecule has 27 heavy (non-hydrogen) atoms. The minimum absolute atomic E-state index is 0.502. The monoisotopic (exact) mass is 385 g/mol. The van der Waals surface area contributed by atoms with Gasteiger partial charge in [0, 0.05) is 48.5 Å². The summed E-state index contributed by atoms with van der Waals surface area (Å²) in [6.45, 7) is 4.79. The van der Waals surface area contributed by atoms with Gasteiger partial charge < -0.3 is 9.42 Å². The number of halogens is 1. The van der Waals surface area contributed by atoms with E-state index >= 15 is 0 Å². The molecule has 0 N–H and O–H groups in total.